The third kappa shape index (κ3) is 4.59. The van der Waals surface area contributed by atoms with Crippen molar-refractivity contribution in [3.8, 4) is 0 Å². The van der Waals surface area contributed by atoms with Crippen molar-refractivity contribution in [2.24, 2.45) is 5.84 Å². The molecule has 0 saturated carbocycles. The van der Waals surface area contributed by atoms with E-state index >= 15 is 0 Å². The van der Waals surface area contributed by atoms with Crippen molar-refractivity contribution in [3.63, 3.8) is 0 Å². The molecule has 0 aliphatic carbocycles. The van der Waals surface area contributed by atoms with E-state index < -0.39 is 0 Å². The summed E-state index contributed by atoms with van der Waals surface area (Å²) in [6, 6.07) is 5.19. The molecular formula is C15H23FN2. The number of allylic oxidation sites excluding steroid dienone is 1. The molecule has 0 aliphatic heterocycles. The van der Waals surface area contributed by atoms with Gasteiger partial charge in [0.05, 0.1) is 0 Å². The van der Waals surface area contributed by atoms with Gasteiger partial charge in [-0.15, -0.1) is 6.58 Å². The van der Waals surface area contributed by atoms with Crippen LogP contribution in [0.4, 0.5) is 4.39 Å². The summed E-state index contributed by atoms with van der Waals surface area (Å²) >= 11 is 0. The van der Waals surface area contributed by atoms with Gasteiger partial charge in [0, 0.05) is 11.6 Å². The summed E-state index contributed by atoms with van der Waals surface area (Å²) in [6.45, 7) is 5.58. The number of nitrogens with one attached hydrogen (secondary N) is 1. The van der Waals surface area contributed by atoms with Crippen molar-refractivity contribution in [1.29, 1.82) is 0 Å². The van der Waals surface area contributed by atoms with E-state index in [-0.39, 0.29) is 11.9 Å². The number of aryl methyl sites for hydroxylation is 1. The van der Waals surface area contributed by atoms with E-state index in [1.807, 2.05) is 25.1 Å². The van der Waals surface area contributed by atoms with Gasteiger partial charge in [-0.1, -0.05) is 31.1 Å². The predicted molar refractivity (Wildman–Crippen MR) is 74.5 cm³/mol. The van der Waals surface area contributed by atoms with E-state index in [9.17, 15) is 4.39 Å². The number of hydrazine groups is 1. The largest absolute Gasteiger partial charge is 0.271 e. The first-order valence-corrected chi connectivity index (χ1v) is 6.52. The molecule has 100 valence electrons. The number of benzene rings is 1. The third-order valence-electron chi connectivity index (χ3n) is 3.13. The zero-order valence-corrected chi connectivity index (χ0v) is 11.1. The zero-order valence-electron chi connectivity index (χ0n) is 11.1. The van der Waals surface area contributed by atoms with Crippen LogP contribution in [0, 0.1) is 12.7 Å². The van der Waals surface area contributed by atoms with Gasteiger partial charge in [0.1, 0.15) is 5.82 Å². The molecule has 1 rings (SSSR count). The predicted octanol–water partition coefficient (Wildman–Crippen LogP) is 3.78. The highest BCUT2D eigenvalue weighted by Gasteiger charge is 2.13. The Balaban J connectivity index is 2.52. The molecule has 0 aromatic heterocycles. The minimum Gasteiger partial charge on any atom is -0.271 e. The lowest BCUT2D eigenvalue weighted by molar-refractivity contribution is 0.462. The number of hydrogen-bond acceptors (Lipinski definition) is 2. The molecule has 1 aromatic rings. The molecule has 0 bridgehead atoms. The van der Waals surface area contributed by atoms with Crippen molar-refractivity contribution >= 4 is 0 Å². The maximum absolute atomic E-state index is 13.8. The van der Waals surface area contributed by atoms with Gasteiger partial charge in [0.2, 0.25) is 0 Å². The SMILES string of the molecule is C=CCCCCCC(NN)c1ccc(C)cc1F. The smallest absolute Gasteiger partial charge is 0.128 e. The van der Waals surface area contributed by atoms with Crippen LogP contribution in [0.25, 0.3) is 0 Å². The third-order valence-corrected chi connectivity index (χ3v) is 3.13. The van der Waals surface area contributed by atoms with E-state index in [4.69, 9.17) is 5.84 Å². The molecule has 18 heavy (non-hydrogen) atoms. The molecule has 0 amide bonds. The quantitative estimate of drug-likeness (QED) is 0.319. The van der Waals surface area contributed by atoms with Gasteiger partial charge in [-0.25, -0.2) is 4.39 Å². The Labute approximate surface area is 109 Å². The molecule has 0 radical (unpaired) electrons. The second kappa shape index (κ2) is 8.01. The van der Waals surface area contributed by atoms with Crippen LogP contribution in [0.3, 0.4) is 0 Å². The van der Waals surface area contributed by atoms with E-state index in [1.165, 1.54) is 0 Å². The monoisotopic (exact) mass is 250 g/mol. The summed E-state index contributed by atoms with van der Waals surface area (Å²) in [5.41, 5.74) is 4.30. The molecule has 0 saturated heterocycles. The summed E-state index contributed by atoms with van der Waals surface area (Å²) in [4.78, 5) is 0. The van der Waals surface area contributed by atoms with Crippen LogP contribution >= 0.6 is 0 Å². The Morgan fingerprint density at radius 1 is 1.39 bits per heavy atom. The van der Waals surface area contributed by atoms with Gasteiger partial charge in [0.25, 0.3) is 0 Å². The van der Waals surface area contributed by atoms with Crippen LogP contribution in [0.15, 0.2) is 30.9 Å². The second-order valence-electron chi connectivity index (χ2n) is 4.67. The summed E-state index contributed by atoms with van der Waals surface area (Å²) in [6.07, 6.45) is 7.12. The van der Waals surface area contributed by atoms with Crippen molar-refractivity contribution in [1.82, 2.24) is 5.43 Å². The summed E-state index contributed by atoms with van der Waals surface area (Å²) in [5.74, 6) is 5.34. The maximum atomic E-state index is 13.8. The summed E-state index contributed by atoms with van der Waals surface area (Å²) in [7, 11) is 0. The highest BCUT2D eigenvalue weighted by atomic mass is 19.1. The van der Waals surface area contributed by atoms with Gasteiger partial charge in [-0.05, 0) is 37.8 Å². The van der Waals surface area contributed by atoms with Crippen molar-refractivity contribution in [2.75, 3.05) is 0 Å². The Kier molecular flexibility index (Phi) is 6.61. The van der Waals surface area contributed by atoms with E-state index in [2.05, 4.69) is 12.0 Å². The summed E-state index contributed by atoms with van der Waals surface area (Å²) in [5, 5.41) is 0. The van der Waals surface area contributed by atoms with E-state index in [0.29, 0.717) is 5.56 Å². The first-order chi connectivity index (χ1) is 8.69. The molecule has 0 heterocycles. The first-order valence-electron chi connectivity index (χ1n) is 6.52. The Bertz CT molecular complexity index is 377. The molecule has 0 fully saturated rings. The van der Waals surface area contributed by atoms with Gasteiger partial charge < -0.3 is 0 Å². The molecule has 2 nitrogen and oxygen atoms in total. The van der Waals surface area contributed by atoms with Gasteiger partial charge >= 0.3 is 0 Å². The second-order valence-corrected chi connectivity index (χ2v) is 4.67. The lowest BCUT2D eigenvalue weighted by Gasteiger charge is -2.17. The minimum absolute atomic E-state index is 0.102. The van der Waals surface area contributed by atoms with Crippen LogP contribution in [-0.2, 0) is 0 Å². The van der Waals surface area contributed by atoms with Crippen LogP contribution in [0.1, 0.15) is 49.3 Å². The highest BCUT2D eigenvalue weighted by molar-refractivity contribution is 5.26. The standard InChI is InChI=1S/C15H23FN2/c1-3-4-5-6-7-8-15(18-17)13-10-9-12(2)11-14(13)16/h3,9-11,15,18H,1,4-8,17H2,2H3. The molecule has 1 aromatic carbocycles. The fourth-order valence-corrected chi connectivity index (χ4v) is 2.06. The van der Waals surface area contributed by atoms with Crippen LogP contribution in [-0.4, -0.2) is 0 Å². The highest BCUT2D eigenvalue weighted by Crippen LogP contribution is 2.22. The van der Waals surface area contributed by atoms with Crippen molar-refractivity contribution in [3.05, 3.63) is 47.8 Å². The Hall–Kier alpha value is -1.19. The molecular weight excluding hydrogens is 227 g/mol. The summed E-state index contributed by atoms with van der Waals surface area (Å²) < 4.78 is 13.8. The van der Waals surface area contributed by atoms with Gasteiger partial charge in [0.15, 0.2) is 0 Å². The fourth-order valence-electron chi connectivity index (χ4n) is 2.06. The molecule has 1 atom stereocenters. The number of nitrogens with two attached hydrogens (primary N) is 1. The number of halogens is 1. The average molecular weight is 250 g/mol. The molecule has 3 heteroatoms. The fraction of sp³-hybridized carbons (Fsp3) is 0.467. The van der Waals surface area contributed by atoms with E-state index in [0.717, 1.165) is 37.7 Å². The normalized spacial score (nSPS) is 12.4. The maximum Gasteiger partial charge on any atom is 0.128 e. The molecule has 3 N–H and O–H groups in total. The minimum atomic E-state index is -0.177. The average Bonchev–Trinajstić information content (AvgIpc) is 2.35. The van der Waals surface area contributed by atoms with Gasteiger partial charge in [-0.2, -0.15) is 0 Å². The van der Waals surface area contributed by atoms with Crippen LogP contribution < -0.4 is 11.3 Å². The molecule has 0 aliphatic rings. The Morgan fingerprint density at radius 2 is 2.17 bits per heavy atom. The Morgan fingerprint density at radius 3 is 2.78 bits per heavy atom. The molecule has 0 spiro atoms. The lowest BCUT2D eigenvalue weighted by Crippen LogP contribution is -2.28. The number of unbranched alkanes of at least 4 members (excludes halogenated alkanes) is 3. The lowest BCUT2D eigenvalue weighted by atomic mass is 9.99. The first kappa shape index (κ1) is 14.9. The van der Waals surface area contributed by atoms with Crippen LogP contribution in [0.2, 0.25) is 0 Å². The van der Waals surface area contributed by atoms with E-state index in [1.54, 1.807) is 6.07 Å². The number of hydrogen-bond donors (Lipinski definition) is 2. The topological polar surface area (TPSA) is 38.0 Å². The number of rotatable bonds is 8. The molecule has 1 unspecified atom stereocenters. The van der Waals surface area contributed by atoms with Crippen molar-refractivity contribution < 1.29 is 4.39 Å². The van der Waals surface area contributed by atoms with Gasteiger partial charge in [-0.3, -0.25) is 11.3 Å². The van der Waals surface area contributed by atoms with Crippen molar-refractivity contribution in [2.45, 2.75) is 45.1 Å². The van der Waals surface area contributed by atoms with Crippen LogP contribution in [0.5, 0.6) is 0 Å². The zero-order chi connectivity index (χ0) is 13.4.